The van der Waals surface area contributed by atoms with Gasteiger partial charge in [0.25, 0.3) is 5.91 Å². The minimum atomic E-state index is -0.0388. The van der Waals surface area contributed by atoms with E-state index in [9.17, 15) is 4.79 Å². The molecule has 0 saturated carbocycles. The highest BCUT2D eigenvalue weighted by atomic mass is 16.1. The van der Waals surface area contributed by atoms with Crippen LogP contribution >= 0.6 is 0 Å². The van der Waals surface area contributed by atoms with Crippen molar-refractivity contribution in [2.45, 2.75) is 25.4 Å². The van der Waals surface area contributed by atoms with Crippen molar-refractivity contribution in [3.8, 4) is 0 Å². The van der Waals surface area contributed by atoms with Crippen molar-refractivity contribution in [2.24, 2.45) is 5.73 Å². The molecule has 0 fully saturated rings. The molecule has 0 saturated heterocycles. The predicted octanol–water partition coefficient (Wildman–Crippen LogP) is 2.56. The van der Waals surface area contributed by atoms with Crippen molar-refractivity contribution < 1.29 is 4.79 Å². The molecule has 3 heteroatoms. The zero-order valence-electron chi connectivity index (χ0n) is 11.3. The fourth-order valence-corrected chi connectivity index (χ4v) is 2.80. The lowest BCUT2D eigenvalue weighted by molar-refractivity contribution is 0.0949. The van der Waals surface area contributed by atoms with Crippen LogP contribution in [0.25, 0.3) is 0 Å². The van der Waals surface area contributed by atoms with Crippen LogP contribution in [0.2, 0.25) is 0 Å². The number of hydrogen-bond donors (Lipinski definition) is 2. The molecule has 102 valence electrons. The quantitative estimate of drug-likeness (QED) is 0.897. The minimum Gasteiger partial charge on any atom is -0.348 e. The van der Waals surface area contributed by atoms with Gasteiger partial charge in [0.05, 0.1) is 0 Å². The number of hydrogen-bond acceptors (Lipinski definition) is 2. The molecule has 1 amide bonds. The molecule has 1 atom stereocenters. The van der Waals surface area contributed by atoms with Gasteiger partial charge in [0.2, 0.25) is 0 Å². The first-order chi connectivity index (χ1) is 9.75. The highest BCUT2D eigenvalue weighted by molar-refractivity contribution is 5.96. The van der Waals surface area contributed by atoms with Crippen LogP contribution in [0.4, 0.5) is 0 Å². The van der Waals surface area contributed by atoms with Gasteiger partial charge in [-0.1, -0.05) is 42.5 Å². The average Bonchev–Trinajstić information content (AvgIpc) is 2.87. The molecular weight excluding hydrogens is 248 g/mol. The van der Waals surface area contributed by atoms with Crippen molar-refractivity contribution in [2.75, 3.05) is 0 Å². The average molecular weight is 266 g/mol. The van der Waals surface area contributed by atoms with E-state index in [1.165, 1.54) is 5.56 Å². The number of fused-ring (bicyclic) bond motifs is 1. The maximum atomic E-state index is 12.4. The summed E-state index contributed by atoms with van der Waals surface area (Å²) in [7, 11) is 0. The lowest BCUT2D eigenvalue weighted by Gasteiger charge is -2.12. The first kappa shape index (κ1) is 12.9. The van der Waals surface area contributed by atoms with Crippen molar-refractivity contribution in [1.82, 2.24) is 5.32 Å². The maximum absolute atomic E-state index is 12.4. The number of benzene rings is 2. The molecule has 3 nitrogen and oxygen atoms in total. The Hall–Kier alpha value is -2.13. The van der Waals surface area contributed by atoms with Gasteiger partial charge in [0.15, 0.2) is 0 Å². The lowest BCUT2D eigenvalue weighted by atomic mass is 10.0. The Bertz CT molecular complexity index is 622. The molecule has 0 spiro atoms. The Labute approximate surface area is 118 Å². The molecule has 0 bridgehead atoms. The third-order valence-electron chi connectivity index (χ3n) is 3.83. The fourth-order valence-electron chi connectivity index (χ4n) is 2.80. The van der Waals surface area contributed by atoms with E-state index in [0.717, 1.165) is 29.5 Å². The third-order valence-corrected chi connectivity index (χ3v) is 3.83. The van der Waals surface area contributed by atoms with Crippen LogP contribution in [-0.2, 0) is 13.0 Å². The van der Waals surface area contributed by atoms with Crippen LogP contribution in [-0.4, -0.2) is 5.91 Å². The summed E-state index contributed by atoms with van der Waals surface area (Å²) < 4.78 is 0. The molecule has 20 heavy (non-hydrogen) atoms. The van der Waals surface area contributed by atoms with Crippen LogP contribution in [0.1, 0.15) is 39.5 Å². The summed E-state index contributed by atoms with van der Waals surface area (Å²) in [5.41, 5.74) is 10.2. The normalized spacial score (nSPS) is 16.8. The van der Waals surface area contributed by atoms with E-state index in [2.05, 4.69) is 11.4 Å². The van der Waals surface area contributed by atoms with E-state index in [-0.39, 0.29) is 11.9 Å². The second-order valence-corrected chi connectivity index (χ2v) is 5.19. The van der Waals surface area contributed by atoms with Crippen LogP contribution in [0, 0.1) is 0 Å². The van der Waals surface area contributed by atoms with Crippen molar-refractivity contribution in [1.29, 1.82) is 0 Å². The molecule has 0 aliphatic heterocycles. The van der Waals surface area contributed by atoms with Gasteiger partial charge in [-0.05, 0) is 35.6 Å². The molecule has 0 heterocycles. The number of rotatable bonds is 3. The van der Waals surface area contributed by atoms with Crippen molar-refractivity contribution >= 4 is 5.91 Å². The number of nitrogens with one attached hydrogen (secondary N) is 1. The van der Waals surface area contributed by atoms with Gasteiger partial charge in [-0.3, -0.25) is 4.79 Å². The van der Waals surface area contributed by atoms with Gasteiger partial charge in [0.1, 0.15) is 0 Å². The molecule has 0 radical (unpaired) electrons. The second-order valence-electron chi connectivity index (χ2n) is 5.19. The molecule has 2 aromatic rings. The largest absolute Gasteiger partial charge is 0.348 e. The molecule has 1 aliphatic rings. The standard InChI is InChI=1S/C17H18N2O/c18-15-10-9-13-7-4-8-14(16(13)15)17(20)19-11-12-5-2-1-3-6-12/h1-8,15H,9-11,18H2,(H,19,20)/t15-/m1/s1. The molecule has 3 rings (SSSR count). The molecule has 0 unspecified atom stereocenters. The van der Waals surface area contributed by atoms with E-state index in [0.29, 0.717) is 6.54 Å². The minimum absolute atomic E-state index is 0.0105. The Morgan fingerprint density at radius 2 is 1.95 bits per heavy atom. The number of carbonyl (C=O) groups is 1. The number of nitrogens with two attached hydrogens (primary N) is 1. The number of amides is 1. The number of carbonyl (C=O) groups excluding carboxylic acids is 1. The van der Waals surface area contributed by atoms with E-state index in [1.807, 2.05) is 42.5 Å². The summed E-state index contributed by atoms with van der Waals surface area (Å²) in [6, 6.07) is 15.8. The molecule has 0 aromatic heterocycles. The Morgan fingerprint density at radius 3 is 2.75 bits per heavy atom. The summed E-state index contributed by atoms with van der Waals surface area (Å²) in [6.45, 7) is 0.540. The highest BCUT2D eigenvalue weighted by Gasteiger charge is 2.24. The molecule has 1 aliphatic carbocycles. The van der Waals surface area contributed by atoms with Crippen molar-refractivity contribution in [3.63, 3.8) is 0 Å². The summed E-state index contributed by atoms with van der Waals surface area (Å²) in [6.07, 6.45) is 1.90. The van der Waals surface area contributed by atoms with E-state index >= 15 is 0 Å². The topological polar surface area (TPSA) is 55.1 Å². The molecule has 2 aromatic carbocycles. The first-order valence-electron chi connectivity index (χ1n) is 6.95. The molecular formula is C17H18N2O. The molecule has 3 N–H and O–H groups in total. The SMILES string of the molecule is N[C@@H]1CCc2cccc(C(=O)NCc3ccccc3)c21. The fraction of sp³-hybridized carbons (Fsp3) is 0.235. The van der Waals surface area contributed by atoms with Gasteiger partial charge in [-0.15, -0.1) is 0 Å². The zero-order valence-corrected chi connectivity index (χ0v) is 11.3. The van der Waals surface area contributed by atoms with Crippen molar-refractivity contribution in [3.05, 3.63) is 70.8 Å². The summed E-state index contributed by atoms with van der Waals surface area (Å²) >= 11 is 0. The summed E-state index contributed by atoms with van der Waals surface area (Å²) in [5.74, 6) is -0.0388. The second kappa shape index (κ2) is 5.47. The Kier molecular flexibility index (Phi) is 3.52. The summed E-state index contributed by atoms with van der Waals surface area (Å²) in [4.78, 5) is 12.4. The van der Waals surface area contributed by atoms with Gasteiger partial charge < -0.3 is 11.1 Å². The van der Waals surface area contributed by atoms with E-state index in [4.69, 9.17) is 5.73 Å². The zero-order chi connectivity index (χ0) is 13.9. The van der Waals surface area contributed by atoms with Gasteiger partial charge in [-0.25, -0.2) is 0 Å². The monoisotopic (exact) mass is 266 g/mol. The van der Waals surface area contributed by atoms with Crippen LogP contribution in [0.5, 0.6) is 0 Å². The highest BCUT2D eigenvalue weighted by Crippen LogP contribution is 2.31. The first-order valence-corrected chi connectivity index (χ1v) is 6.95. The van der Waals surface area contributed by atoms with E-state index in [1.54, 1.807) is 0 Å². The Morgan fingerprint density at radius 1 is 1.15 bits per heavy atom. The third kappa shape index (κ3) is 2.45. The van der Waals surface area contributed by atoms with Crippen LogP contribution in [0.3, 0.4) is 0 Å². The van der Waals surface area contributed by atoms with Gasteiger partial charge in [-0.2, -0.15) is 0 Å². The van der Waals surface area contributed by atoms with Gasteiger partial charge >= 0.3 is 0 Å². The predicted molar refractivity (Wildman–Crippen MR) is 79.3 cm³/mol. The maximum Gasteiger partial charge on any atom is 0.251 e. The Balaban J connectivity index is 1.77. The van der Waals surface area contributed by atoms with Crippen LogP contribution in [0.15, 0.2) is 48.5 Å². The summed E-state index contributed by atoms with van der Waals surface area (Å²) in [5, 5.41) is 2.97. The lowest BCUT2D eigenvalue weighted by Crippen LogP contribution is -2.25. The van der Waals surface area contributed by atoms with Gasteiger partial charge in [0, 0.05) is 18.2 Å². The van der Waals surface area contributed by atoms with E-state index < -0.39 is 0 Å². The number of aryl methyl sites for hydroxylation is 1. The smallest absolute Gasteiger partial charge is 0.251 e. The van der Waals surface area contributed by atoms with Crippen LogP contribution < -0.4 is 11.1 Å².